The van der Waals surface area contributed by atoms with Gasteiger partial charge in [0.2, 0.25) is 0 Å². The Labute approximate surface area is 122 Å². The van der Waals surface area contributed by atoms with Gasteiger partial charge in [-0.1, -0.05) is 31.2 Å². The van der Waals surface area contributed by atoms with Crippen LogP contribution in [-0.4, -0.2) is 6.54 Å². The van der Waals surface area contributed by atoms with Crippen LogP contribution in [0.5, 0.6) is 0 Å². The second-order valence-electron chi connectivity index (χ2n) is 5.19. The lowest BCUT2D eigenvalue weighted by atomic mass is 10.0. The van der Waals surface area contributed by atoms with Gasteiger partial charge < -0.3 is 10.6 Å². The Balaban J connectivity index is 2.28. The molecular formula is C18H24N2. The summed E-state index contributed by atoms with van der Waals surface area (Å²) in [5, 5.41) is 0. The van der Waals surface area contributed by atoms with Crippen molar-refractivity contribution in [2.45, 2.75) is 33.2 Å². The predicted molar refractivity (Wildman–Crippen MR) is 87.5 cm³/mol. The molecule has 2 nitrogen and oxygen atoms in total. The van der Waals surface area contributed by atoms with Crippen LogP contribution in [-0.2, 0) is 0 Å². The van der Waals surface area contributed by atoms with Crippen molar-refractivity contribution in [2.75, 3.05) is 11.4 Å². The van der Waals surface area contributed by atoms with Crippen LogP contribution in [0.3, 0.4) is 0 Å². The fourth-order valence-electron chi connectivity index (χ4n) is 2.45. The van der Waals surface area contributed by atoms with Gasteiger partial charge in [0.05, 0.1) is 0 Å². The third-order valence-electron chi connectivity index (χ3n) is 3.70. The Hall–Kier alpha value is -1.80. The minimum Gasteiger partial charge on any atom is -0.342 e. The second-order valence-corrected chi connectivity index (χ2v) is 5.19. The standard InChI is InChI=1S/C18H24N2/c1-4-18(19)15-9-11-16(12-10-15)20(5-2)17-8-6-7-14(3)13-17/h6-13,18H,4-5,19H2,1-3H3/t18-/m0/s1. The van der Waals surface area contributed by atoms with Crippen LogP contribution in [0.4, 0.5) is 11.4 Å². The van der Waals surface area contributed by atoms with E-state index >= 15 is 0 Å². The molecule has 0 bridgehead atoms. The average Bonchev–Trinajstić information content (AvgIpc) is 2.48. The lowest BCUT2D eigenvalue weighted by Crippen LogP contribution is -2.16. The Bertz CT molecular complexity index is 546. The van der Waals surface area contributed by atoms with E-state index in [1.165, 1.54) is 22.5 Å². The van der Waals surface area contributed by atoms with Crippen molar-refractivity contribution < 1.29 is 0 Å². The van der Waals surface area contributed by atoms with Crippen LogP contribution in [0.2, 0.25) is 0 Å². The number of nitrogens with zero attached hydrogens (tertiary/aromatic N) is 1. The Morgan fingerprint density at radius 1 is 1.00 bits per heavy atom. The molecule has 106 valence electrons. The summed E-state index contributed by atoms with van der Waals surface area (Å²) in [4.78, 5) is 2.31. The zero-order valence-electron chi connectivity index (χ0n) is 12.6. The van der Waals surface area contributed by atoms with E-state index in [0.717, 1.165) is 13.0 Å². The summed E-state index contributed by atoms with van der Waals surface area (Å²) in [5.74, 6) is 0. The highest BCUT2D eigenvalue weighted by atomic mass is 15.1. The summed E-state index contributed by atoms with van der Waals surface area (Å²) < 4.78 is 0. The summed E-state index contributed by atoms with van der Waals surface area (Å²) >= 11 is 0. The molecule has 2 aromatic rings. The van der Waals surface area contributed by atoms with Gasteiger partial charge in [-0.15, -0.1) is 0 Å². The van der Waals surface area contributed by atoms with Gasteiger partial charge in [0.1, 0.15) is 0 Å². The third kappa shape index (κ3) is 3.20. The van der Waals surface area contributed by atoms with Crippen LogP contribution in [0.15, 0.2) is 48.5 Å². The monoisotopic (exact) mass is 268 g/mol. The predicted octanol–water partition coefficient (Wildman–Crippen LogP) is 4.56. The summed E-state index contributed by atoms with van der Waals surface area (Å²) in [6, 6.07) is 17.3. The zero-order chi connectivity index (χ0) is 14.5. The van der Waals surface area contributed by atoms with E-state index in [1.807, 2.05) is 0 Å². The first-order chi connectivity index (χ1) is 9.65. The molecule has 0 aromatic heterocycles. The second kappa shape index (κ2) is 6.58. The maximum Gasteiger partial charge on any atom is 0.0413 e. The van der Waals surface area contributed by atoms with Crippen LogP contribution in [0, 0.1) is 6.92 Å². The van der Waals surface area contributed by atoms with E-state index in [9.17, 15) is 0 Å². The molecule has 0 aliphatic rings. The van der Waals surface area contributed by atoms with Gasteiger partial charge in [-0.25, -0.2) is 0 Å². The summed E-state index contributed by atoms with van der Waals surface area (Å²) in [5.41, 5.74) is 11.0. The Morgan fingerprint density at radius 3 is 2.25 bits per heavy atom. The highest BCUT2D eigenvalue weighted by molar-refractivity contribution is 5.64. The SMILES string of the molecule is CC[C@H](N)c1ccc(N(CC)c2cccc(C)c2)cc1. The highest BCUT2D eigenvalue weighted by Crippen LogP contribution is 2.27. The summed E-state index contributed by atoms with van der Waals surface area (Å²) in [6.45, 7) is 7.36. The van der Waals surface area contributed by atoms with Crippen molar-refractivity contribution in [2.24, 2.45) is 5.73 Å². The van der Waals surface area contributed by atoms with E-state index in [-0.39, 0.29) is 6.04 Å². The first kappa shape index (κ1) is 14.6. The van der Waals surface area contributed by atoms with Crippen molar-refractivity contribution in [3.63, 3.8) is 0 Å². The molecule has 0 amide bonds. The van der Waals surface area contributed by atoms with Gasteiger partial charge in [0, 0.05) is 24.0 Å². The molecular weight excluding hydrogens is 244 g/mol. The van der Waals surface area contributed by atoms with Gasteiger partial charge in [0.15, 0.2) is 0 Å². The van der Waals surface area contributed by atoms with Crippen LogP contribution in [0.25, 0.3) is 0 Å². The molecule has 20 heavy (non-hydrogen) atoms. The van der Waals surface area contributed by atoms with E-state index < -0.39 is 0 Å². The van der Waals surface area contributed by atoms with Gasteiger partial charge >= 0.3 is 0 Å². The molecule has 0 aliphatic carbocycles. The fraction of sp³-hybridized carbons (Fsp3) is 0.333. The van der Waals surface area contributed by atoms with Crippen molar-refractivity contribution in [1.29, 1.82) is 0 Å². The van der Waals surface area contributed by atoms with Crippen molar-refractivity contribution in [3.05, 3.63) is 59.7 Å². The topological polar surface area (TPSA) is 29.3 Å². The molecule has 2 rings (SSSR count). The van der Waals surface area contributed by atoms with E-state index in [0.29, 0.717) is 0 Å². The third-order valence-corrected chi connectivity index (χ3v) is 3.70. The number of nitrogens with two attached hydrogens (primary N) is 1. The minimum absolute atomic E-state index is 0.137. The molecule has 1 atom stereocenters. The lowest BCUT2D eigenvalue weighted by Gasteiger charge is -2.24. The van der Waals surface area contributed by atoms with Gasteiger partial charge in [0.25, 0.3) is 0 Å². The zero-order valence-corrected chi connectivity index (χ0v) is 12.6. The van der Waals surface area contributed by atoms with E-state index in [2.05, 4.69) is 74.2 Å². The quantitative estimate of drug-likeness (QED) is 0.861. The molecule has 2 heteroatoms. The molecule has 0 heterocycles. The van der Waals surface area contributed by atoms with Crippen molar-refractivity contribution in [3.8, 4) is 0 Å². The molecule has 0 unspecified atom stereocenters. The van der Waals surface area contributed by atoms with Crippen molar-refractivity contribution in [1.82, 2.24) is 0 Å². The Kier molecular flexibility index (Phi) is 4.80. The van der Waals surface area contributed by atoms with Crippen LogP contribution >= 0.6 is 0 Å². The molecule has 0 saturated carbocycles. The average molecular weight is 268 g/mol. The van der Waals surface area contributed by atoms with Gasteiger partial charge in [-0.05, 0) is 55.7 Å². The number of benzene rings is 2. The number of rotatable bonds is 5. The lowest BCUT2D eigenvalue weighted by molar-refractivity contribution is 0.698. The molecule has 0 saturated heterocycles. The van der Waals surface area contributed by atoms with Crippen LogP contribution < -0.4 is 10.6 Å². The molecule has 0 fully saturated rings. The van der Waals surface area contributed by atoms with E-state index in [4.69, 9.17) is 5.73 Å². The molecule has 0 aliphatic heterocycles. The highest BCUT2D eigenvalue weighted by Gasteiger charge is 2.08. The van der Waals surface area contributed by atoms with Gasteiger partial charge in [-0.3, -0.25) is 0 Å². The Morgan fingerprint density at radius 2 is 1.70 bits per heavy atom. The molecule has 0 spiro atoms. The normalized spacial score (nSPS) is 12.2. The number of anilines is 2. The first-order valence-corrected chi connectivity index (χ1v) is 7.35. The largest absolute Gasteiger partial charge is 0.342 e. The summed E-state index contributed by atoms with van der Waals surface area (Å²) in [7, 11) is 0. The summed E-state index contributed by atoms with van der Waals surface area (Å²) in [6.07, 6.45) is 0.967. The first-order valence-electron chi connectivity index (χ1n) is 7.35. The molecule has 2 N–H and O–H groups in total. The minimum atomic E-state index is 0.137. The number of aryl methyl sites for hydroxylation is 1. The number of hydrogen-bond acceptors (Lipinski definition) is 2. The van der Waals surface area contributed by atoms with Crippen molar-refractivity contribution >= 4 is 11.4 Å². The molecule has 0 radical (unpaired) electrons. The smallest absolute Gasteiger partial charge is 0.0413 e. The maximum atomic E-state index is 6.07. The fourth-order valence-corrected chi connectivity index (χ4v) is 2.45. The van der Waals surface area contributed by atoms with E-state index in [1.54, 1.807) is 0 Å². The van der Waals surface area contributed by atoms with Crippen LogP contribution in [0.1, 0.15) is 37.4 Å². The number of hydrogen-bond donors (Lipinski definition) is 1. The van der Waals surface area contributed by atoms with Gasteiger partial charge in [-0.2, -0.15) is 0 Å². The maximum absolute atomic E-state index is 6.07. The molecule has 2 aromatic carbocycles.